The van der Waals surface area contributed by atoms with E-state index in [-0.39, 0.29) is 19.1 Å². The van der Waals surface area contributed by atoms with Crippen LogP contribution < -0.4 is 10.2 Å². The number of aliphatic hydroxyl groups excluding tert-OH is 1. The van der Waals surface area contributed by atoms with E-state index in [1.807, 2.05) is 21.1 Å². The maximum atomic E-state index is 13.0. The second kappa shape index (κ2) is 56.2. The molecule has 73 heavy (non-hydrogen) atoms. The van der Waals surface area contributed by atoms with Crippen molar-refractivity contribution in [2.45, 2.75) is 366 Å². The molecule has 3 atom stereocenters. The highest BCUT2D eigenvalue weighted by Gasteiger charge is 2.24. The van der Waals surface area contributed by atoms with E-state index in [1.54, 1.807) is 0 Å². The van der Waals surface area contributed by atoms with Gasteiger partial charge in [-0.05, 0) is 12.8 Å². The van der Waals surface area contributed by atoms with Gasteiger partial charge in [0.1, 0.15) is 13.2 Å². The lowest BCUT2D eigenvalue weighted by Crippen LogP contribution is -2.46. The lowest BCUT2D eigenvalue weighted by Gasteiger charge is -2.30. The fourth-order valence-electron chi connectivity index (χ4n) is 10.5. The number of phosphoric ester groups is 1. The molecule has 0 heterocycles. The largest absolute Gasteiger partial charge is 0.756 e. The third kappa shape index (κ3) is 59.0. The van der Waals surface area contributed by atoms with E-state index in [1.165, 1.54) is 289 Å². The summed E-state index contributed by atoms with van der Waals surface area (Å²) in [7, 11) is 1.33. The molecule has 0 bridgehead atoms. The average Bonchev–Trinajstić information content (AvgIpc) is 3.35. The van der Waals surface area contributed by atoms with Crippen molar-refractivity contribution in [3.8, 4) is 0 Å². The zero-order chi connectivity index (χ0) is 53.5. The van der Waals surface area contributed by atoms with Gasteiger partial charge < -0.3 is 28.8 Å². The number of rotatable bonds is 62. The van der Waals surface area contributed by atoms with Crippen molar-refractivity contribution in [2.24, 2.45) is 0 Å². The van der Waals surface area contributed by atoms with Gasteiger partial charge in [-0.1, -0.05) is 335 Å². The smallest absolute Gasteiger partial charge is 0.268 e. The quantitative estimate of drug-likeness (QED) is 0.0357. The predicted molar refractivity (Wildman–Crippen MR) is 316 cm³/mol. The maximum Gasteiger partial charge on any atom is 0.268 e. The van der Waals surface area contributed by atoms with E-state index < -0.39 is 20.0 Å². The van der Waals surface area contributed by atoms with E-state index in [0.717, 1.165) is 38.5 Å². The molecule has 0 aromatic rings. The van der Waals surface area contributed by atoms with Gasteiger partial charge in [-0.25, -0.2) is 0 Å². The monoisotopic (exact) mass is 1050 g/mol. The highest BCUT2D eigenvalue weighted by atomic mass is 31.2. The van der Waals surface area contributed by atoms with Crippen LogP contribution in [0, 0.1) is 0 Å². The Morgan fingerprint density at radius 2 is 0.671 bits per heavy atom. The molecule has 0 fully saturated rings. The molecule has 0 rings (SSSR count). The molecule has 0 spiro atoms. The number of aliphatic hydroxyl groups is 1. The number of carbonyl (C=O) groups excluding carboxylic acids is 1. The lowest BCUT2D eigenvalue weighted by molar-refractivity contribution is -0.870. The summed E-state index contributed by atoms with van der Waals surface area (Å²) < 4.78 is 23.5. The predicted octanol–water partition coefficient (Wildman–Crippen LogP) is 19.8. The minimum absolute atomic E-state index is 0.0167. The van der Waals surface area contributed by atoms with Crippen LogP contribution in [-0.2, 0) is 18.4 Å². The van der Waals surface area contributed by atoms with Gasteiger partial charge in [0, 0.05) is 6.42 Å². The summed E-state index contributed by atoms with van der Waals surface area (Å²) in [6, 6.07) is -0.795. The van der Waals surface area contributed by atoms with Gasteiger partial charge in [-0.3, -0.25) is 9.36 Å². The first kappa shape index (κ1) is 72.5. The number of unbranched alkanes of at least 4 members (excludes halogenated alkanes) is 49. The molecule has 0 aliphatic carbocycles. The second-order valence-corrected chi connectivity index (χ2v) is 25.6. The molecule has 0 aliphatic heterocycles. The van der Waals surface area contributed by atoms with Gasteiger partial charge in [-0.15, -0.1) is 0 Å². The first-order valence-corrected chi connectivity index (χ1v) is 34.3. The summed E-state index contributed by atoms with van der Waals surface area (Å²) in [6.45, 7) is 4.79. The van der Waals surface area contributed by atoms with Crippen LogP contribution in [-0.4, -0.2) is 68.5 Å². The van der Waals surface area contributed by atoms with Crippen LogP contribution in [0.2, 0.25) is 0 Å². The molecule has 3 unspecified atom stereocenters. The SMILES string of the molecule is CCCCCCCCCCCCCCCCCCCCCCCCCCCCCCCCCCCCC(=O)NC(COP(=O)([O-])OCC[N+](C)(C)C)C(O)CCCCCCCCCCCCCCCCCCC. The van der Waals surface area contributed by atoms with E-state index in [2.05, 4.69) is 19.2 Å². The number of amides is 1. The third-order valence-electron chi connectivity index (χ3n) is 15.6. The first-order chi connectivity index (χ1) is 35.5. The summed E-state index contributed by atoms with van der Waals surface area (Å²) in [6.07, 6.45) is 68.9. The Labute approximate surface area is 457 Å². The second-order valence-electron chi connectivity index (χ2n) is 24.2. The molecule has 8 nitrogen and oxygen atoms in total. The average molecular weight is 1060 g/mol. The Hall–Kier alpha value is -0.500. The van der Waals surface area contributed by atoms with Crippen LogP contribution in [0.5, 0.6) is 0 Å². The van der Waals surface area contributed by atoms with Crippen molar-refractivity contribution in [3.63, 3.8) is 0 Å². The highest BCUT2D eigenvalue weighted by molar-refractivity contribution is 7.45. The van der Waals surface area contributed by atoms with Gasteiger partial charge in [0.05, 0.1) is 39.9 Å². The minimum atomic E-state index is -4.57. The van der Waals surface area contributed by atoms with Gasteiger partial charge >= 0.3 is 0 Å². The standard InChI is InChI=1S/C64H131N2O6P/c1-6-8-10-12-14-16-18-20-22-24-25-26-27-28-29-30-31-32-33-34-35-36-37-38-39-40-42-44-46-48-50-52-54-56-58-64(68)65-62(61-72-73(69,70)71-60-59-66(3,4)5)63(67)57-55-53-51-49-47-45-43-41-23-21-19-17-15-13-11-9-7-2/h62-63,67H,6-61H2,1-5H3,(H-,65,68,69,70). The Morgan fingerprint density at radius 1 is 0.425 bits per heavy atom. The minimum Gasteiger partial charge on any atom is -0.756 e. The van der Waals surface area contributed by atoms with Crippen LogP contribution in [0.25, 0.3) is 0 Å². The zero-order valence-corrected chi connectivity index (χ0v) is 51.0. The molecule has 0 saturated carbocycles. The summed E-state index contributed by atoms with van der Waals surface area (Å²) in [5.74, 6) is -0.155. The molecule has 438 valence electrons. The normalized spacial score (nSPS) is 13.7. The maximum absolute atomic E-state index is 13.0. The number of nitrogens with zero attached hydrogens (tertiary/aromatic N) is 1. The number of carbonyl (C=O) groups is 1. The van der Waals surface area contributed by atoms with Gasteiger partial charge in [0.15, 0.2) is 0 Å². The Bertz CT molecular complexity index is 1150. The molecule has 0 aliphatic rings. The molecule has 0 aromatic carbocycles. The van der Waals surface area contributed by atoms with E-state index in [0.29, 0.717) is 23.9 Å². The van der Waals surface area contributed by atoms with Crippen LogP contribution in [0.15, 0.2) is 0 Å². The van der Waals surface area contributed by atoms with Crippen LogP contribution in [0.3, 0.4) is 0 Å². The number of hydrogen-bond acceptors (Lipinski definition) is 6. The number of nitrogens with one attached hydrogen (secondary N) is 1. The van der Waals surface area contributed by atoms with Gasteiger partial charge in [-0.2, -0.15) is 0 Å². The molecule has 2 N–H and O–H groups in total. The van der Waals surface area contributed by atoms with Crippen molar-refractivity contribution in [2.75, 3.05) is 40.9 Å². The van der Waals surface area contributed by atoms with Crippen LogP contribution in [0.1, 0.15) is 354 Å². The van der Waals surface area contributed by atoms with Crippen molar-refractivity contribution >= 4 is 13.7 Å². The highest BCUT2D eigenvalue weighted by Crippen LogP contribution is 2.38. The number of quaternary nitrogens is 1. The Morgan fingerprint density at radius 3 is 0.932 bits per heavy atom. The van der Waals surface area contributed by atoms with E-state index in [4.69, 9.17) is 9.05 Å². The zero-order valence-electron chi connectivity index (χ0n) is 50.1. The number of phosphoric acid groups is 1. The number of hydrogen-bond donors (Lipinski definition) is 2. The van der Waals surface area contributed by atoms with Crippen molar-refractivity contribution in [1.82, 2.24) is 5.32 Å². The topological polar surface area (TPSA) is 108 Å². The first-order valence-electron chi connectivity index (χ1n) is 32.9. The van der Waals surface area contributed by atoms with Crippen molar-refractivity contribution in [1.29, 1.82) is 0 Å². The fraction of sp³-hybridized carbons (Fsp3) is 0.984. The molecule has 1 amide bonds. The van der Waals surface area contributed by atoms with Crippen LogP contribution >= 0.6 is 7.82 Å². The summed E-state index contributed by atoms with van der Waals surface area (Å²) in [5, 5.41) is 14.0. The molecule has 9 heteroatoms. The van der Waals surface area contributed by atoms with Gasteiger partial charge in [0.25, 0.3) is 7.82 Å². The molecular weight excluding hydrogens is 924 g/mol. The van der Waals surface area contributed by atoms with Crippen molar-refractivity contribution in [3.05, 3.63) is 0 Å². The fourth-order valence-corrected chi connectivity index (χ4v) is 11.2. The lowest BCUT2D eigenvalue weighted by atomic mass is 10.0. The molecule has 0 radical (unpaired) electrons. The Balaban J connectivity index is 3.92. The summed E-state index contributed by atoms with van der Waals surface area (Å²) in [4.78, 5) is 25.6. The van der Waals surface area contributed by atoms with E-state index in [9.17, 15) is 19.4 Å². The molecule has 0 saturated heterocycles. The molecule has 0 aromatic heterocycles. The van der Waals surface area contributed by atoms with Crippen LogP contribution in [0.4, 0.5) is 0 Å². The number of likely N-dealkylation sites (N-methyl/N-ethyl adjacent to an activating group) is 1. The molecular formula is C64H131N2O6P. The third-order valence-corrected chi connectivity index (χ3v) is 16.6. The van der Waals surface area contributed by atoms with E-state index >= 15 is 0 Å². The van der Waals surface area contributed by atoms with Gasteiger partial charge in [0.2, 0.25) is 5.91 Å². The Kier molecular flexibility index (Phi) is 55.8. The van der Waals surface area contributed by atoms with Crippen molar-refractivity contribution < 1.29 is 32.9 Å². The summed E-state index contributed by atoms with van der Waals surface area (Å²) in [5.41, 5.74) is 0. The summed E-state index contributed by atoms with van der Waals surface area (Å²) >= 11 is 0.